The summed E-state index contributed by atoms with van der Waals surface area (Å²) in [5.41, 5.74) is 0.888. The molecular formula is C23H27NO4. The van der Waals surface area contributed by atoms with Crippen LogP contribution in [0.2, 0.25) is 0 Å². The average molecular weight is 381 g/mol. The van der Waals surface area contributed by atoms with Gasteiger partial charge in [-0.2, -0.15) is 0 Å². The molecule has 5 nitrogen and oxygen atoms in total. The summed E-state index contributed by atoms with van der Waals surface area (Å²) in [4.78, 5) is 26.3. The molecule has 0 radical (unpaired) electrons. The topological polar surface area (TPSA) is 55.8 Å². The quantitative estimate of drug-likeness (QED) is 0.575. The van der Waals surface area contributed by atoms with Crippen LogP contribution in [0, 0.1) is 0 Å². The van der Waals surface area contributed by atoms with E-state index in [1.165, 1.54) is 6.08 Å². The minimum absolute atomic E-state index is 0.124. The SMILES string of the molecule is COc1ccc2cc(/C=C/C(=O)OCC(=O)N3[C@@H](C)CCC[C@@H]3C)ccc2c1. The largest absolute Gasteiger partial charge is 0.497 e. The third-order valence-electron chi connectivity index (χ3n) is 5.30. The highest BCUT2D eigenvalue weighted by Gasteiger charge is 2.29. The van der Waals surface area contributed by atoms with Crippen molar-refractivity contribution in [1.29, 1.82) is 0 Å². The van der Waals surface area contributed by atoms with Gasteiger partial charge < -0.3 is 14.4 Å². The number of esters is 1. The van der Waals surface area contributed by atoms with Gasteiger partial charge in [-0.25, -0.2) is 4.79 Å². The number of carbonyl (C=O) groups excluding carboxylic acids is 2. The lowest BCUT2D eigenvalue weighted by Crippen LogP contribution is -2.49. The van der Waals surface area contributed by atoms with Crippen molar-refractivity contribution >= 4 is 28.7 Å². The molecule has 5 heteroatoms. The Morgan fingerprint density at radius 2 is 1.75 bits per heavy atom. The van der Waals surface area contributed by atoms with E-state index in [0.29, 0.717) is 0 Å². The summed E-state index contributed by atoms with van der Waals surface area (Å²) in [5, 5.41) is 2.12. The lowest BCUT2D eigenvalue weighted by molar-refractivity contribution is -0.151. The van der Waals surface area contributed by atoms with Gasteiger partial charge in [-0.05, 0) is 73.7 Å². The Bertz CT molecular complexity index is 879. The van der Waals surface area contributed by atoms with Crippen LogP contribution in [-0.2, 0) is 14.3 Å². The van der Waals surface area contributed by atoms with Crippen LogP contribution in [-0.4, -0.2) is 42.6 Å². The Balaban J connectivity index is 1.57. The molecule has 0 bridgehead atoms. The monoisotopic (exact) mass is 381 g/mol. The maximum Gasteiger partial charge on any atom is 0.331 e. The van der Waals surface area contributed by atoms with E-state index in [0.717, 1.165) is 41.3 Å². The van der Waals surface area contributed by atoms with E-state index >= 15 is 0 Å². The molecule has 1 heterocycles. The standard InChI is InChI=1S/C23H27NO4/c1-16-5-4-6-17(2)24(16)22(25)15-28-23(26)12-8-18-7-9-20-14-21(27-3)11-10-19(20)13-18/h7-14,16-17H,4-6,15H2,1-3H3/b12-8+/t16-,17-/m0/s1. The Kier molecular flexibility index (Phi) is 6.34. The molecular weight excluding hydrogens is 354 g/mol. The number of methoxy groups -OCH3 is 1. The molecule has 3 rings (SSSR count). The maximum absolute atomic E-state index is 12.4. The lowest BCUT2D eigenvalue weighted by atomic mass is 9.97. The van der Waals surface area contributed by atoms with Gasteiger partial charge in [0.2, 0.25) is 0 Å². The van der Waals surface area contributed by atoms with Crippen molar-refractivity contribution in [3.05, 3.63) is 48.0 Å². The van der Waals surface area contributed by atoms with Crippen LogP contribution in [0.1, 0.15) is 38.7 Å². The van der Waals surface area contributed by atoms with E-state index in [4.69, 9.17) is 9.47 Å². The molecule has 0 saturated carbocycles. The highest BCUT2D eigenvalue weighted by atomic mass is 16.5. The van der Waals surface area contributed by atoms with E-state index in [1.54, 1.807) is 13.2 Å². The molecule has 2 aromatic carbocycles. The number of benzene rings is 2. The minimum atomic E-state index is -0.513. The molecule has 0 unspecified atom stereocenters. The molecule has 28 heavy (non-hydrogen) atoms. The van der Waals surface area contributed by atoms with Gasteiger partial charge in [-0.3, -0.25) is 4.79 Å². The van der Waals surface area contributed by atoms with Gasteiger partial charge in [-0.1, -0.05) is 18.2 Å². The molecule has 2 atom stereocenters. The fourth-order valence-electron chi connectivity index (χ4n) is 3.81. The van der Waals surface area contributed by atoms with E-state index in [2.05, 4.69) is 0 Å². The van der Waals surface area contributed by atoms with Crippen molar-refractivity contribution < 1.29 is 19.1 Å². The first-order chi connectivity index (χ1) is 13.5. The zero-order valence-electron chi connectivity index (χ0n) is 16.7. The van der Waals surface area contributed by atoms with Crippen LogP contribution in [0.5, 0.6) is 5.75 Å². The zero-order chi connectivity index (χ0) is 20.1. The second-order valence-electron chi connectivity index (χ2n) is 7.34. The fourth-order valence-corrected chi connectivity index (χ4v) is 3.81. The van der Waals surface area contributed by atoms with Gasteiger partial charge in [0.1, 0.15) is 5.75 Å². The third-order valence-corrected chi connectivity index (χ3v) is 5.30. The number of ether oxygens (including phenoxy) is 2. The Morgan fingerprint density at radius 1 is 1.07 bits per heavy atom. The number of nitrogens with zero attached hydrogens (tertiary/aromatic N) is 1. The molecule has 1 aliphatic heterocycles. The van der Waals surface area contributed by atoms with Crippen molar-refractivity contribution in [2.45, 2.75) is 45.2 Å². The molecule has 1 fully saturated rings. The summed E-state index contributed by atoms with van der Waals surface area (Å²) in [6, 6.07) is 12.1. The Hall–Kier alpha value is -2.82. The second-order valence-corrected chi connectivity index (χ2v) is 7.34. The van der Waals surface area contributed by atoms with Crippen LogP contribution in [0.3, 0.4) is 0 Å². The second kappa shape index (κ2) is 8.91. The predicted octanol–water partition coefficient (Wildman–Crippen LogP) is 4.19. The molecule has 0 spiro atoms. The Morgan fingerprint density at radius 3 is 2.46 bits per heavy atom. The zero-order valence-corrected chi connectivity index (χ0v) is 16.7. The summed E-state index contributed by atoms with van der Waals surface area (Å²) in [7, 11) is 1.64. The highest BCUT2D eigenvalue weighted by molar-refractivity contribution is 5.91. The normalized spacial score (nSPS) is 19.8. The number of fused-ring (bicyclic) bond motifs is 1. The fraction of sp³-hybridized carbons (Fsp3) is 0.391. The van der Waals surface area contributed by atoms with Gasteiger partial charge in [0.15, 0.2) is 6.61 Å². The van der Waals surface area contributed by atoms with Crippen LogP contribution in [0.4, 0.5) is 0 Å². The first-order valence-electron chi connectivity index (χ1n) is 9.71. The number of hydrogen-bond donors (Lipinski definition) is 0. The highest BCUT2D eigenvalue weighted by Crippen LogP contribution is 2.23. The third kappa shape index (κ3) is 4.71. The first kappa shape index (κ1) is 19.9. The van der Waals surface area contributed by atoms with E-state index in [9.17, 15) is 9.59 Å². The molecule has 1 amide bonds. The van der Waals surface area contributed by atoms with Gasteiger partial charge in [0.05, 0.1) is 7.11 Å². The molecule has 1 aliphatic rings. The molecule has 0 N–H and O–H groups in total. The summed E-state index contributed by atoms with van der Waals surface area (Å²) in [6.07, 6.45) is 6.19. The Labute approximate surface area is 165 Å². The number of hydrogen-bond acceptors (Lipinski definition) is 4. The van der Waals surface area contributed by atoms with Crippen molar-refractivity contribution in [3.63, 3.8) is 0 Å². The number of carbonyl (C=O) groups is 2. The molecule has 148 valence electrons. The van der Waals surface area contributed by atoms with Crippen molar-refractivity contribution in [2.75, 3.05) is 13.7 Å². The predicted molar refractivity (Wildman–Crippen MR) is 110 cm³/mol. The molecule has 1 saturated heterocycles. The summed E-state index contributed by atoms with van der Waals surface area (Å²) >= 11 is 0. The average Bonchev–Trinajstić information content (AvgIpc) is 2.70. The smallest absolute Gasteiger partial charge is 0.331 e. The van der Waals surface area contributed by atoms with Crippen molar-refractivity contribution in [1.82, 2.24) is 4.90 Å². The van der Waals surface area contributed by atoms with Crippen molar-refractivity contribution in [2.24, 2.45) is 0 Å². The number of likely N-dealkylation sites (tertiary alicyclic amines) is 1. The lowest BCUT2D eigenvalue weighted by Gasteiger charge is -2.38. The van der Waals surface area contributed by atoms with Crippen LogP contribution in [0.15, 0.2) is 42.5 Å². The molecule has 2 aromatic rings. The summed E-state index contributed by atoms with van der Waals surface area (Å²) < 4.78 is 10.4. The van der Waals surface area contributed by atoms with E-state index < -0.39 is 5.97 Å². The van der Waals surface area contributed by atoms with Crippen LogP contribution >= 0.6 is 0 Å². The number of piperidine rings is 1. The maximum atomic E-state index is 12.4. The van der Waals surface area contributed by atoms with Gasteiger partial charge in [0.25, 0.3) is 5.91 Å². The van der Waals surface area contributed by atoms with Gasteiger partial charge in [-0.15, -0.1) is 0 Å². The number of rotatable bonds is 5. The van der Waals surface area contributed by atoms with Gasteiger partial charge >= 0.3 is 5.97 Å². The van der Waals surface area contributed by atoms with Crippen molar-refractivity contribution in [3.8, 4) is 5.75 Å². The van der Waals surface area contributed by atoms with Gasteiger partial charge in [0, 0.05) is 18.2 Å². The molecule has 0 aromatic heterocycles. The molecule has 0 aliphatic carbocycles. The van der Waals surface area contributed by atoms with E-state index in [-0.39, 0.29) is 24.6 Å². The number of amides is 1. The van der Waals surface area contributed by atoms with Crippen LogP contribution < -0.4 is 4.74 Å². The summed E-state index contributed by atoms with van der Waals surface area (Å²) in [5.74, 6) is 0.169. The van der Waals surface area contributed by atoms with Crippen LogP contribution in [0.25, 0.3) is 16.8 Å². The first-order valence-corrected chi connectivity index (χ1v) is 9.71. The minimum Gasteiger partial charge on any atom is -0.497 e. The summed E-state index contributed by atoms with van der Waals surface area (Å²) in [6.45, 7) is 3.88. The van der Waals surface area contributed by atoms with E-state index in [1.807, 2.05) is 55.1 Å².